The molecule has 8 heteroatoms. The summed E-state index contributed by atoms with van der Waals surface area (Å²) < 4.78 is 38.8. The first-order valence-electron chi connectivity index (χ1n) is 8.37. The topological polar surface area (TPSA) is 58.4 Å². The summed E-state index contributed by atoms with van der Waals surface area (Å²) in [5.74, 6) is -0.106. The molecular formula is C17H23ClF3N3O. The van der Waals surface area contributed by atoms with Gasteiger partial charge in [0.25, 0.3) is 0 Å². The number of amides is 1. The summed E-state index contributed by atoms with van der Waals surface area (Å²) >= 11 is 6.10. The number of likely N-dealkylation sites (tertiary alicyclic amines) is 1. The van der Waals surface area contributed by atoms with E-state index in [2.05, 4.69) is 10.2 Å². The number of benzene rings is 1. The maximum atomic E-state index is 12.9. The Morgan fingerprint density at radius 3 is 2.80 bits per heavy atom. The minimum atomic E-state index is -4.39. The summed E-state index contributed by atoms with van der Waals surface area (Å²) in [6, 6.07) is 3.48. The number of piperidine rings is 1. The fraction of sp³-hybridized carbons (Fsp3) is 0.588. The lowest BCUT2D eigenvalue weighted by molar-refractivity contribution is -0.137. The van der Waals surface area contributed by atoms with Gasteiger partial charge in [0.15, 0.2) is 0 Å². The molecule has 0 spiro atoms. The number of hydrogen-bond acceptors (Lipinski definition) is 3. The van der Waals surface area contributed by atoms with Gasteiger partial charge in [0.1, 0.15) is 0 Å². The molecule has 140 valence electrons. The van der Waals surface area contributed by atoms with Crippen LogP contribution < -0.4 is 11.1 Å². The molecule has 0 aromatic heterocycles. The largest absolute Gasteiger partial charge is 0.416 e. The molecule has 1 unspecified atom stereocenters. The maximum absolute atomic E-state index is 12.9. The predicted octanol–water partition coefficient (Wildman–Crippen LogP) is 3.18. The molecule has 1 saturated heterocycles. The Hall–Kier alpha value is -1.31. The Balaban J connectivity index is 2.07. The van der Waals surface area contributed by atoms with Crippen LogP contribution in [0.2, 0.25) is 5.02 Å². The number of halogens is 4. The van der Waals surface area contributed by atoms with Crippen LogP contribution in [0.4, 0.5) is 13.2 Å². The Kier molecular flexibility index (Phi) is 7.10. The zero-order valence-corrected chi connectivity index (χ0v) is 14.7. The normalized spacial score (nSPS) is 19.0. The van der Waals surface area contributed by atoms with E-state index in [0.717, 1.165) is 37.9 Å². The zero-order chi connectivity index (χ0) is 18.4. The van der Waals surface area contributed by atoms with Crippen molar-refractivity contribution >= 4 is 17.5 Å². The van der Waals surface area contributed by atoms with Crippen molar-refractivity contribution in [2.75, 3.05) is 19.6 Å². The molecule has 1 atom stereocenters. The van der Waals surface area contributed by atoms with Crippen molar-refractivity contribution < 1.29 is 18.0 Å². The second kappa shape index (κ2) is 8.87. The van der Waals surface area contributed by atoms with Gasteiger partial charge in [-0.15, -0.1) is 0 Å². The van der Waals surface area contributed by atoms with Gasteiger partial charge in [0, 0.05) is 37.1 Å². The molecule has 1 aromatic carbocycles. The van der Waals surface area contributed by atoms with Crippen LogP contribution in [-0.2, 0) is 17.5 Å². The molecule has 0 radical (unpaired) electrons. The van der Waals surface area contributed by atoms with Crippen molar-refractivity contribution in [1.82, 2.24) is 10.2 Å². The summed E-state index contributed by atoms with van der Waals surface area (Å²) in [5, 5.41) is 3.17. The molecule has 0 bridgehead atoms. The van der Waals surface area contributed by atoms with Crippen LogP contribution in [0.15, 0.2) is 18.2 Å². The van der Waals surface area contributed by atoms with Gasteiger partial charge in [-0.05, 0) is 43.1 Å². The molecule has 2 rings (SSSR count). The molecule has 3 N–H and O–H groups in total. The number of nitrogens with zero attached hydrogens (tertiary/aromatic N) is 1. The van der Waals surface area contributed by atoms with E-state index in [1.807, 2.05) is 0 Å². The minimum absolute atomic E-state index is 0.0843. The SMILES string of the molecule is NCCC(=O)NCC1CCCCN1Cc1cc(C(F)(F)F)ccc1Cl. The highest BCUT2D eigenvalue weighted by Crippen LogP contribution is 2.32. The molecule has 25 heavy (non-hydrogen) atoms. The fourth-order valence-corrected chi connectivity index (χ4v) is 3.22. The Labute approximate surface area is 150 Å². The van der Waals surface area contributed by atoms with Gasteiger partial charge in [0.05, 0.1) is 5.56 Å². The first-order chi connectivity index (χ1) is 11.8. The molecular weight excluding hydrogens is 355 g/mol. The van der Waals surface area contributed by atoms with Crippen LogP contribution >= 0.6 is 11.6 Å². The molecule has 1 amide bonds. The highest BCUT2D eigenvalue weighted by Gasteiger charge is 2.31. The van der Waals surface area contributed by atoms with Crippen LogP contribution in [0, 0.1) is 0 Å². The van der Waals surface area contributed by atoms with Crippen LogP contribution in [0.25, 0.3) is 0 Å². The van der Waals surface area contributed by atoms with E-state index in [1.165, 1.54) is 6.07 Å². The van der Waals surface area contributed by atoms with E-state index in [1.54, 1.807) is 0 Å². The number of hydrogen-bond donors (Lipinski definition) is 2. The van der Waals surface area contributed by atoms with Crippen LogP contribution in [0.5, 0.6) is 0 Å². The van der Waals surface area contributed by atoms with Gasteiger partial charge in [-0.25, -0.2) is 0 Å². The third-order valence-corrected chi connectivity index (χ3v) is 4.77. The lowest BCUT2D eigenvalue weighted by atomic mass is 10.0. The second-order valence-corrected chi connectivity index (χ2v) is 6.67. The smallest absolute Gasteiger partial charge is 0.354 e. The highest BCUT2D eigenvalue weighted by atomic mass is 35.5. The van der Waals surface area contributed by atoms with E-state index in [9.17, 15) is 18.0 Å². The summed E-state index contributed by atoms with van der Waals surface area (Å²) in [6.45, 7) is 1.86. The molecule has 0 aliphatic carbocycles. The number of carbonyl (C=O) groups is 1. The number of nitrogens with one attached hydrogen (secondary N) is 1. The summed E-state index contributed by atoms with van der Waals surface area (Å²) in [6.07, 6.45) is -1.23. The number of rotatable bonds is 6. The van der Waals surface area contributed by atoms with E-state index in [-0.39, 0.29) is 18.4 Å². The number of alkyl halides is 3. The van der Waals surface area contributed by atoms with E-state index < -0.39 is 11.7 Å². The third kappa shape index (κ3) is 5.87. The van der Waals surface area contributed by atoms with Crippen molar-refractivity contribution in [1.29, 1.82) is 0 Å². The lowest BCUT2D eigenvalue weighted by Crippen LogP contribution is -2.46. The highest BCUT2D eigenvalue weighted by molar-refractivity contribution is 6.31. The van der Waals surface area contributed by atoms with Gasteiger partial charge < -0.3 is 11.1 Å². The first-order valence-corrected chi connectivity index (χ1v) is 8.75. The summed E-state index contributed by atoms with van der Waals surface area (Å²) in [7, 11) is 0. The van der Waals surface area contributed by atoms with Crippen molar-refractivity contribution in [2.24, 2.45) is 5.73 Å². The quantitative estimate of drug-likeness (QED) is 0.800. The van der Waals surface area contributed by atoms with Crippen LogP contribution in [-0.4, -0.2) is 36.5 Å². The number of nitrogens with two attached hydrogens (primary N) is 1. The van der Waals surface area contributed by atoms with Gasteiger partial charge in [0.2, 0.25) is 5.91 Å². The molecule has 4 nitrogen and oxygen atoms in total. The van der Waals surface area contributed by atoms with Gasteiger partial charge in [-0.2, -0.15) is 13.2 Å². The van der Waals surface area contributed by atoms with Crippen LogP contribution in [0.3, 0.4) is 0 Å². The first kappa shape index (κ1) is 20.0. The van der Waals surface area contributed by atoms with Gasteiger partial charge in [-0.3, -0.25) is 9.69 Å². The van der Waals surface area contributed by atoms with Crippen molar-refractivity contribution in [2.45, 2.75) is 44.4 Å². The monoisotopic (exact) mass is 377 g/mol. The number of carbonyl (C=O) groups excluding carboxylic acids is 1. The summed E-state index contributed by atoms with van der Waals surface area (Å²) in [4.78, 5) is 13.7. The van der Waals surface area contributed by atoms with Crippen molar-refractivity contribution in [3.8, 4) is 0 Å². The molecule has 1 aliphatic rings. The van der Waals surface area contributed by atoms with Gasteiger partial charge >= 0.3 is 6.18 Å². The third-order valence-electron chi connectivity index (χ3n) is 4.40. The summed E-state index contributed by atoms with van der Waals surface area (Å²) in [5.41, 5.74) is 5.11. The molecule has 1 heterocycles. The van der Waals surface area contributed by atoms with Crippen molar-refractivity contribution in [3.63, 3.8) is 0 Å². The maximum Gasteiger partial charge on any atom is 0.416 e. The van der Waals surface area contributed by atoms with E-state index >= 15 is 0 Å². The van der Waals surface area contributed by atoms with Crippen LogP contribution in [0.1, 0.15) is 36.8 Å². The van der Waals surface area contributed by atoms with E-state index in [0.29, 0.717) is 30.2 Å². The average Bonchev–Trinajstić information content (AvgIpc) is 2.55. The van der Waals surface area contributed by atoms with Gasteiger partial charge in [-0.1, -0.05) is 18.0 Å². The predicted molar refractivity (Wildman–Crippen MR) is 91.2 cm³/mol. The Morgan fingerprint density at radius 1 is 1.36 bits per heavy atom. The second-order valence-electron chi connectivity index (χ2n) is 6.27. The van der Waals surface area contributed by atoms with E-state index in [4.69, 9.17) is 17.3 Å². The lowest BCUT2D eigenvalue weighted by Gasteiger charge is -2.36. The molecule has 1 aliphatic heterocycles. The zero-order valence-electron chi connectivity index (χ0n) is 13.9. The standard InChI is InChI=1S/C17H23ClF3N3O/c18-15-5-4-13(17(19,20)21)9-12(15)11-24-8-2-1-3-14(24)10-23-16(25)6-7-22/h4-5,9,14H,1-3,6-8,10-11,22H2,(H,23,25). The Morgan fingerprint density at radius 2 is 2.12 bits per heavy atom. The Bertz CT molecular complexity index is 595. The average molecular weight is 378 g/mol. The molecule has 0 saturated carbocycles. The van der Waals surface area contributed by atoms with Crippen molar-refractivity contribution in [3.05, 3.63) is 34.3 Å². The molecule has 1 aromatic rings. The fourth-order valence-electron chi connectivity index (χ4n) is 3.04. The molecule has 1 fully saturated rings. The minimum Gasteiger partial charge on any atom is -0.354 e.